The standard InChI is InChI=1S/C13H25N/c1-2-3-5-8-12-9-6-4-7-10-13(12)11-14/h2,12-13H,1,3-11,14H2. The van der Waals surface area contributed by atoms with Gasteiger partial charge in [0, 0.05) is 0 Å². The van der Waals surface area contributed by atoms with Crippen LogP contribution in [-0.2, 0) is 0 Å². The molecule has 0 aromatic carbocycles. The quantitative estimate of drug-likeness (QED) is 0.405. The van der Waals surface area contributed by atoms with Gasteiger partial charge in [-0.2, -0.15) is 0 Å². The Morgan fingerprint density at radius 2 is 1.86 bits per heavy atom. The molecule has 1 rings (SSSR count). The lowest BCUT2D eigenvalue weighted by Gasteiger charge is -2.23. The van der Waals surface area contributed by atoms with Crippen molar-refractivity contribution in [1.29, 1.82) is 0 Å². The smallest absolute Gasteiger partial charge is 0.00462 e. The molecule has 1 nitrogen and oxygen atoms in total. The van der Waals surface area contributed by atoms with Gasteiger partial charge in [-0.3, -0.25) is 0 Å². The topological polar surface area (TPSA) is 26.0 Å². The third kappa shape index (κ3) is 3.83. The molecule has 0 aromatic heterocycles. The van der Waals surface area contributed by atoms with Crippen molar-refractivity contribution in [3.63, 3.8) is 0 Å². The summed E-state index contributed by atoms with van der Waals surface area (Å²) in [5.41, 5.74) is 5.85. The molecule has 82 valence electrons. The Hall–Kier alpha value is -0.300. The minimum absolute atomic E-state index is 0.808. The van der Waals surface area contributed by atoms with Crippen molar-refractivity contribution < 1.29 is 0 Å². The maximum atomic E-state index is 5.85. The second-order valence-electron chi connectivity index (χ2n) is 4.61. The molecule has 1 aliphatic carbocycles. The maximum absolute atomic E-state index is 5.85. The highest BCUT2D eigenvalue weighted by atomic mass is 14.6. The summed E-state index contributed by atoms with van der Waals surface area (Å²) in [5, 5.41) is 0. The van der Waals surface area contributed by atoms with Gasteiger partial charge in [0.1, 0.15) is 0 Å². The van der Waals surface area contributed by atoms with Gasteiger partial charge < -0.3 is 5.73 Å². The summed E-state index contributed by atoms with van der Waals surface area (Å²) >= 11 is 0. The van der Waals surface area contributed by atoms with Gasteiger partial charge in [-0.05, 0) is 44.1 Å². The van der Waals surface area contributed by atoms with E-state index in [1.165, 1.54) is 51.4 Å². The van der Waals surface area contributed by atoms with Crippen LogP contribution in [0.5, 0.6) is 0 Å². The first kappa shape index (κ1) is 11.8. The number of rotatable bonds is 5. The number of unbranched alkanes of at least 4 members (excludes halogenated alkanes) is 1. The zero-order valence-corrected chi connectivity index (χ0v) is 9.38. The first-order chi connectivity index (χ1) is 6.88. The third-order valence-electron chi connectivity index (χ3n) is 3.60. The second kappa shape index (κ2) is 7.05. The van der Waals surface area contributed by atoms with Gasteiger partial charge >= 0.3 is 0 Å². The van der Waals surface area contributed by atoms with Crippen LogP contribution in [0.2, 0.25) is 0 Å². The fraction of sp³-hybridized carbons (Fsp3) is 0.846. The van der Waals surface area contributed by atoms with E-state index in [0.717, 1.165) is 18.4 Å². The predicted molar refractivity (Wildman–Crippen MR) is 63.2 cm³/mol. The largest absolute Gasteiger partial charge is 0.330 e. The first-order valence-electron chi connectivity index (χ1n) is 6.19. The van der Waals surface area contributed by atoms with Crippen LogP contribution in [0.4, 0.5) is 0 Å². The lowest BCUT2D eigenvalue weighted by molar-refractivity contribution is 0.296. The van der Waals surface area contributed by atoms with E-state index in [2.05, 4.69) is 6.58 Å². The van der Waals surface area contributed by atoms with Crippen LogP contribution in [0, 0.1) is 11.8 Å². The molecule has 0 radical (unpaired) electrons. The van der Waals surface area contributed by atoms with E-state index in [4.69, 9.17) is 5.73 Å². The van der Waals surface area contributed by atoms with Crippen LogP contribution < -0.4 is 5.73 Å². The molecule has 0 aliphatic heterocycles. The number of hydrogen-bond acceptors (Lipinski definition) is 1. The molecular weight excluding hydrogens is 170 g/mol. The lowest BCUT2D eigenvalue weighted by atomic mass is 9.84. The Morgan fingerprint density at radius 1 is 1.14 bits per heavy atom. The van der Waals surface area contributed by atoms with Gasteiger partial charge in [0.15, 0.2) is 0 Å². The van der Waals surface area contributed by atoms with Crippen LogP contribution in [-0.4, -0.2) is 6.54 Å². The summed E-state index contributed by atoms with van der Waals surface area (Å²) in [4.78, 5) is 0. The van der Waals surface area contributed by atoms with Gasteiger partial charge in [0.25, 0.3) is 0 Å². The van der Waals surface area contributed by atoms with Crippen molar-refractivity contribution in [3.05, 3.63) is 12.7 Å². The average molecular weight is 195 g/mol. The first-order valence-corrected chi connectivity index (χ1v) is 6.19. The normalized spacial score (nSPS) is 28.4. The number of hydrogen-bond donors (Lipinski definition) is 1. The van der Waals surface area contributed by atoms with Crippen molar-refractivity contribution in [2.24, 2.45) is 17.6 Å². The van der Waals surface area contributed by atoms with Crippen molar-refractivity contribution in [3.8, 4) is 0 Å². The zero-order valence-electron chi connectivity index (χ0n) is 9.38. The zero-order chi connectivity index (χ0) is 10.2. The highest BCUT2D eigenvalue weighted by Gasteiger charge is 2.21. The van der Waals surface area contributed by atoms with Crippen LogP contribution >= 0.6 is 0 Å². The molecule has 0 spiro atoms. The Labute approximate surface area is 88.8 Å². The Morgan fingerprint density at radius 3 is 2.50 bits per heavy atom. The van der Waals surface area contributed by atoms with E-state index in [1.807, 2.05) is 6.08 Å². The summed E-state index contributed by atoms with van der Waals surface area (Å²) in [5.74, 6) is 1.71. The van der Waals surface area contributed by atoms with Crippen LogP contribution in [0.15, 0.2) is 12.7 Å². The monoisotopic (exact) mass is 195 g/mol. The highest BCUT2D eigenvalue weighted by Crippen LogP contribution is 2.31. The van der Waals surface area contributed by atoms with E-state index >= 15 is 0 Å². The molecule has 0 amide bonds. The van der Waals surface area contributed by atoms with Gasteiger partial charge in [-0.1, -0.05) is 31.8 Å². The van der Waals surface area contributed by atoms with Crippen molar-refractivity contribution in [2.45, 2.75) is 51.4 Å². The second-order valence-corrected chi connectivity index (χ2v) is 4.61. The van der Waals surface area contributed by atoms with Gasteiger partial charge in [-0.15, -0.1) is 6.58 Å². The van der Waals surface area contributed by atoms with Crippen LogP contribution in [0.1, 0.15) is 51.4 Å². The molecule has 2 N–H and O–H groups in total. The molecule has 1 heteroatoms. The number of nitrogens with two attached hydrogens (primary N) is 1. The summed E-state index contributed by atoms with van der Waals surface area (Å²) in [7, 11) is 0. The van der Waals surface area contributed by atoms with Gasteiger partial charge in [0.2, 0.25) is 0 Å². The van der Waals surface area contributed by atoms with Crippen molar-refractivity contribution in [2.75, 3.05) is 6.54 Å². The summed E-state index contributed by atoms with van der Waals surface area (Å²) in [6.07, 6.45) is 12.9. The minimum Gasteiger partial charge on any atom is -0.330 e. The molecule has 1 saturated carbocycles. The lowest BCUT2D eigenvalue weighted by Crippen LogP contribution is -2.22. The summed E-state index contributed by atoms with van der Waals surface area (Å²) in [6.45, 7) is 4.68. The van der Waals surface area contributed by atoms with Crippen molar-refractivity contribution >= 4 is 0 Å². The van der Waals surface area contributed by atoms with Gasteiger partial charge in [-0.25, -0.2) is 0 Å². The SMILES string of the molecule is C=CCCCC1CCCCCC1CN. The van der Waals surface area contributed by atoms with E-state index in [9.17, 15) is 0 Å². The Kier molecular flexibility index (Phi) is 5.93. The van der Waals surface area contributed by atoms with Gasteiger partial charge in [0.05, 0.1) is 0 Å². The summed E-state index contributed by atoms with van der Waals surface area (Å²) < 4.78 is 0. The van der Waals surface area contributed by atoms with E-state index < -0.39 is 0 Å². The third-order valence-corrected chi connectivity index (χ3v) is 3.60. The van der Waals surface area contributed by atoms with E-state index in [1.54, 1.807) is 0 Å². The molecule has 0 heterocycles. The van der Waals surface area contributed by atoms with Crippen LogP contribution in [0.25, 0.3) is 0 Å². The van der Waals surface area contributed by atoms with E-state index in [0.29, 0.717) is 0 Å². The molecule has 0 saturated heterocycles. The molecule has 1 fully saturated rings. The maximum Gasteiger partial charge on any atom is -0.00462 e. The van der Waals surface area contributed by atoms with E-state index in [-0.39, 0.29) is 0 Å². The number of allylic oxidation sites excluding steroid dienone is 1. The molecule has 0 aromatic rings. The molecule has 0 bridgehead atoms. The molecule has 2 atom stereocenters. The molecule has 2 unspecified atom stereocenters. The Balaban J connectivity index is 2.31. The predicted octanol–water partition coefficient (Wildman–Crippen LogP) is 3.50. The molecular formula is C13H25N. The van der Waals surface area contributed by atoms with Crippen molar-refractivity contribution in [1.82, 2.24) is 0 Å². The fourth-order valence-electron chi connectivity index (χ4n) is 2.68. The Bertz CT molecular complexity index is 153. The highest BCUT2D eigenvalue weighted by molar-refractivity contribution is 4.76. The fourth-order valence-corrected chi connectivity index (χ4v) is 2.68. The minimum atomic E-state index is 0.808. The molecule has 14 heavy (non-hydrogen) atoms. The van der Waals surface area contributed by atoms with Crippen LogP contribution in [0.3, 0.4) is 0 Å². The average Bonchev–Trinajstić information content (AvgIpc) is 2.43. The summed E-state index contributed by atoms with van der Waals surface area (Å²) in [6, 6.07) is 0. The molecule has 1 aliphatic rings.